The van der Waals surface area contributed by atoms with Gasteiger partial charge in [0.05, 0.1) is 6.42 Å². The van der Waals surface area contributed by atoms with E-state index in [2.05, 4.69) is 135 Å². The zero-order valence-corrected chi connectivity index (χ0v) is 37.3. The van der Waals surface area contributed by atoms with Gasteiger partial charge in [0, 0.05) is 85.6 Å². The summed E-state index contributed by atoms with van der Waals surface area (Å²) in [5.41, 5.74) is 10.8. The van der Waals surface area contributed by atoms with Gasteiger partial charge in [0.2, 0.25) is 5.91 Å². The molecule has 0 spiro atoms. The molecular formula is C56H56Cl2N4O. The number of benzene rings is 7. The van der Waals surface area contributed by atoms with Gasteiger partial charge < -0.3 is 10.2 Å². The molecule has 5 nitrogen and oxygen atoms in total. The second-order valence-electron chi connectivity index (χ2n) is 16.8. The first-order chi connectivity index (χ1) is 30.9. The third-order valence-electron chi connectivity index (χ3n) is 12.2. The van der Waals surface area contributed by atoms with E-state index in [0.29, 0.717) is 12.5 Å². The summed E-state index contributed by atoms with van der Waals surface area (Å²) in [6.07, 6.45) is 2.40. The largest absolute Gasteiger partial charge is 0.337 e. The summed E-state index contributed by atoms with van der Waals surface area (Å²) in [5.74, 6) is 0.214. The highest BCUT2D eigenvalue weighted by Crippen LogP contribution is 2.29. The number of nitrogens with one attached hydrogen (secondary N) is 1. The maximum atomic E-state index is 13.3. The molecule has 63 heavy (non-hydrogen) atoms. The van der Waals surface area contributed by atoms with Crippen LogP contribution in [0.4, 0.5) is 0 Å². The molecule has 0 unspecified atom stereocenters. The fourth-order valence-corrected chi connectivity index (χ4v) is 9.37. The lowest BCUT2D eigenvalue weighted by Gasteiger charge is -2.42. The molecule has 9 rings (SSSR count). The number of hydrogen-bond acceptors (Lipinski definition) is 4. The molecule has 1 N–H and O–H groups in total. The van der Waals surface area contributed by atoms with Gasteiger partial charge in [0.15, 0.2) is 0 Å². The molecule has 0 aliphatic carbocycles. The molecular weight excluding hydrogens is 816 g/mol. The predicted molar refractivity (Wildman–Crippen MR) is 262 cm³/mol. The minimum Gasteiger partial charge on any atom is -0.337 e. The molecule has 0 radical (unpaired) electrons. The molecule has 2 saturated heterocycles. The number of nitrogens with zero attached hydrogens (tertiary/aromatic N) is 3. The van der Waals surface area contributed by atoms with Gasteiger partial charge in [-0.15, -0.1) is 0 Å². The molecule has 2 atom stereocenters. The van der Waals surface area contributed by atoms with Gasteiger partial charge in [-0.25, -0.2) is 0 Å². The van der Waals surface area contributed by atoms with E-state index in [1.54, 1.807) is 0 Å². The van der Waals surface area contributed by atoms with E-state index in [4.69, 9.17) is 23.2 Å². The third kappa shape index (κ3) is 12.6. The van der Waals surface area contributed by atoms with E-state index in [1.807, 2.05) is 72.8 Å². The smallest absolute Gasteiger partial charge is 0.227 e. The lowest BCUT2D eigenvalue weighted by molar-refractivity contribution is -0.135. The summed E-state index contributed by atoms with van der Waals surface area (Å²) in [7, 11) is 0. The molecule has 2 heterocycles. The zero-order valence-electron chi connectivity index (χ0n) is 35.8. The molecule has 0 bridgehead atoms. The van der Waals surface area contributed by atoms with Crippen LogP contribution in [0.5, 0.6) is 0 Å². The monoisotopic (exact) mass is 870 g/mol. The number of rotatable bonds is 12. The van der Waals surface area contributed by atoms with Crippen LogP contribution >= 0.6 is 23.2 Å². The summed E-state index contributed by atoms with van der Waals surface area (Å²) >= 11 is 12.7. The van der Waals surface area contributed by atoms with Crippen molar-refractivity contribution in [3.8, 4) is 22.3 Å². The van der Waals surface area contributed by atoms with Gasteiger partial charge >= 0.3 is 0 Å². The standard InChI is InChI=1S/C32H31ClN2O.C24H25ClN2/c33-31-14-8-7-13-30(31)28-17-15-27(16-18-28)23-34-19-20-35(32(36)22-26-11-5-2-6-12-26)29(24-34)21-25-9-3-1-4-10-25;25-24-9-5-4-8-23(24)21-12-10-20(11-13-21)17-27-15-14-26-22(18-27)16-19-6-2-1-3-7-19/h1-18,29H,19-24H2;1-13,22,26H,14-18H2/t29-;22-/m11/s1. The molecule has 1 amide bonds. The van der Waals surface area contributed by atoms with Crippen molar-refractivity contribution in [3.63, 3.8) is 0 Å². The Morgan fingerprint density at radius 1 is 0.476 bits per heavy atom. The topological polar surface area (TPSA) is 38.8 Å². The van der Waals surface area contributed by atoms with Gasteiger partial charge in [-0.3, -0.25) is 14.6 Å². The minimum atomic E-state index is 0.153. The first-order valence-electron chi connectivity index (χ1n) is 22.2. The Hall–Kier alpha value is -5.53. The Morgan fingerprint density at radius 3 is 1.46 bits per heavy atom. The molecule has 7 heteroatoms. The highest BCUT2D eigenvalue weighted by Gasteiger charge is 2.30. The van der Waals surface area contributed by atoms with Crippen molar-refractivity contribution in [1.29, 1.82) is 0 Å². The molecule has 0 saturated carbocycles. The van der Waals surface area contributed by atoms with E-state index in [1.165, 1.54) is 27.8 Å². The van der Waals surface area contributed by atoms with Crippen LogP contribution in [0.3, 0.4) is 0 Å². The number of carbonyl (C=O) groups is 1. The summed E-state index contributed by atoms with van der Waals surface area (Å²) in [5, 5.41) is 5.23. The summed E-state index contributed by atoms with van der Waals surface area (Å²) < 4.78 is 0. The number of piperazine rings is 2. The third-order valence-corrected chi connectivity index (χ3v) is 12.8. The van der Waals surface area contributed by atoms with Crippen LogP contribution in [0, 0.1) is 0 Å². The van der Waals surface area contributed by atoms with Crippen LogP contribution in [-0.4, -0.2) is 72.0 Å². The SMILES string of the molecule is Clc1ccccc1-c1ccc(CN2CCN[C@H](Cc3ccccc3)C2)cc1.O=C(Cc1ccccc1)N1CCN(Cc2ccc(-c3ccccc3Cl)cc2)C[C@H]1Cc1ccccc1. The van der Waals surface area contributed by atoms with Gasteiger partial charge in [0.25, 0.3) is 0 Å². The average molecular weight is 872 g/mol. The van der Waals surface area contributed by atoms with Crippen LogP contribution in [0.15, 0.2) is 188 Å². The van der Waals surface area contributed by atoms with Gasteiger partial charge in [-0.05, 0) is 63.9 Å². The van der Waals surface area contributed by atoms with Gasteiger partial charge in [0.1, 0.15) is 0 Å². The lowest BCUT2D eigenvalue weighted by Crippen LogP contribution is -2.56. The summed E-state index contributed by atoms with van der Waals surface area (Å²) in [6.45, 7) is 7.58. The van der Waals surface area contributed by atoms with Crippen LogP contribution < -0.4 is 5.32 Å². The van der Waals surface area contributed by atoms with Crippen LogP contribution in [0.1, 0.15) is 27.8 Å². The van der Waals surface area contributed by atoms with Crippen molar-refractivity contribution in [3.05, 3.63) is 226 Å². The van der Waals surface area contributed by atoms with Crippen LogP contribution in [-0.2, 0) is 37.1 Å². The maximum Gasteiger partial charge on any atom is 0.227 e. The molecule has 2 aliphatic rings. The van der Waals surface area contributed by atoms with Gasteiger partial charge in [-0.1, -0.05) is 199 Å². The summed E-state index contributed by atoms with van der Waals surface area (Å²) in [4.78, 5) is 20.5. The van der Waals surface area contributed by atoms with Crippen molar-refractivity contribution in [2.75, 3.05) is 39.3 Å². The Kier molecular flexibility index (Phi) is 15.5. The highest BCUT2D eigenvalue weighted by atomic mass is 35.5. The van der Waals surface area contributed by atoms with Crippen molar-refractivity contribution in [1.82, 2.24) is 20.0 Å². The Balaban J connectivity index is 0.000000180. The number of amides is 1. The van der Waals surface area contributed by atoms with E-state index in [-0.39, 0.29) is 11.9 Å². The van der Waals surface area contributed by atoms with E-state index in [0.717, 1.165) is 97.5 Å². The maximum absolute atomic E-state index is 13.3. The average Bonchev–Trinajstić information content (AvgIpc) is 3.31. The quantitative estimate of drug-likeness (QED) is 0.133. The van der Waals surface area contributed by atoms with Crippen molar-refractivity contribution in [2.24, 2.45) is 0 Å². The van der Waals surface area contributed by atoms with Crippen LogP contribution in [0.25, 0.3) is 22.3 Å². The molecule has 7 aromatic rings. The van der Waals surface area contributed by atoms with Crippen molar-refractivity contribution >= 4 is 29.1 Å². The van der Waals surface area contributed by atoms with E-state index in [9.17, 15) is 4.79 Å². The Labute approximate surface area is 383 Å². The van der Waals surface area contributed by atoms with Crippen molar-refractivity contribution < 1.29 is 4.79 Å². The predicted octanol–water partition coefficient (Wildman–Crippen LogP) is 11.5. The molecule has 2 aliphatic heterocycles. The summed E-state index contributed by atoms with van der Waals surface area (Å²) in [6, 6.07) is 65.5. The van der Waals surface area contributed by atoms with Gasteiger partial charge in [-0.2, -0.15) is 0 Å². The Morgan fingerprint density at radius 2 is 0.937 bits per heavy atom. The van der Waals surface area contributed by atoms with E-state index < -0.39 is 0 Å². The molecule has 320 valence electrons. The highest BCUT2D eigenvalue weighted by molar-refractivity contribution is 6.33. The normalized spacial score (nSPS) is 16.8. The molecule has 7 aromatic carbocycles. The van der Waals surface area contributed by atoms with Crippen LogP contribution in [0.2, 0.25) is 10.0 Å². The lowest BCUT2D eigenvalue weighted by atomic mass is 10.00. The number of halogens is 2. The number of carbonyl (C=O) groups excluding carboxylic acids is 1. The molecule has 2 fully saturated rings. The Bertz CT molecular complexity index is 2480. The first-order valence-corrected chi connectivity index (χ1v) is 23.0. The second kappa shape index (κ2) is 22.2. The first kappa shape index (κ1) is 44.1. The fraction of sp³-hybridized carbons (Fsp3) is 0.232. The fourth-order valence-electron chi connectivity index (χ4n) is 8.88. The zero-order chi connectivity index (χ0) is 43.2. The number of hydrogen-bond donors (Lipinski definition) is 1. The van der Waals surface area contributed by atoms with Crippen molar-refractivity contribution in [2.45, 2.75) is 44.4 Å². The minimum absolute atomic E-state index is 0.153. The molecule has 0 aromatic heterocycles. The second-order valence-corrected chi connectivity index (χ2v) is 17.6. The van der Waals surface area contributed by atoms with E-state index >= 15 is 0 Å².